The smallest absolute Gasteiger partial charge is 0.215 e. The molecule has 118 valence electrons. The van der Waals surface area contributed by atoms with Crippen LogP contribution in [0.2, 0.25) is 0 Å². The Labute approximate surface area is 138 Å². The molecule has 0 radical (unpaired) electrons. The van der Waals surface area contributed by atoms with Crippen molar-refractivity contribution >= 4 is 28.9 Å². The molecular formula is C15H20N4OS2. The lowest BCUT2D eigenvalue weighted by Gasteiger charge is -2.29. The molecule has 0 spiro atoms. The van der Waals surface area contributed by atoms with Crippen LogP contribution in [0.1, 0.15) is 50.0 Å². The van der Waals surface area contributed by atoms with E-state index in [1.165, 1.54) is 4.80 Å². The Kier molecular flexibility index (Phi) is 3.89. The minimum Gasteiger partial charge on any atom is -0.294 e. The Hall–Kier alpha value is -1.21. The Morgan fingerprint density at radius 1 is 1.32 bits per heavy atom. The first-order valence-electron chi connectivity index (χ1n) is 7.37. The molecule has 2 heterocycles. The summed E-state index contributed by atoms with van der Waals surface area (Å²) in [6.45, 7) is 8.59. The highest BCUT2D eigenvalue weighted by Gasteiger charge is 2.37. The van der Waals surface area contributed by atoms with E-state index in [1.807, 2.05) is 0 Å². The van der Waals surface area contributed by atoms with Crippen molar-refractivity contribution in [3.05, 3.63) is 11.1 Å². The lowest BCUT2D eigenvalue weighted by Crippen LogP contribution is -2.26. The third-order valence-electron chi connectivity index (χ3n) is 3.60. The number of carbonyl (C=O) groups is 1. The zero-order chi connectivity index (χ0) is 16.1. The van der Waals surface area contributed by atoms with Crippen LogP contribution in [-0.2, 0) is 13.5 Å². The first-order valence-corrected chi connectivity index (χ1v) is 9.06. The van der Waals surface area contributed by atoms with Crippen LogP contribution in [0.4, 0.5) is 0 Å². The van der Waals surface area contributed by atoms with Gasteiger partial charge in [-0.25, -0.2) is 0 Å². The van der Waals surface area contributed by atoms with Gasteiger partial charge in [0.05, 0.1) is 16.1 Å². The van der Waals surface area contributed by atoms with Crippen molar-refractivity contribution in [2.45, 2.75) is 50.0 Å². The number of ketones is 1. The molecule has 22 heavy (non-hydrogen) atoms. The summed E-state index contributed by atoms with van der Waals surface area (Å²) >= 11 is 3.39. The number of thiophene rings is 1. The molecule has 0 aliphatic heterocycles. The van der Waals surface area contributed by atoms with Crippen molar-refractivity contribution in [2.75, 3.05) is 0 Å². The number of fused-ring (bicyclic) bond motifs is 1. The second-order valence-electron chi connectivity index (χ2n) is 6.78. The second-order valence-corrected chi connectivity index (χ2v) is 9.65. The van der Waals surface area contributed by atoms with E-state index in [1.54, 1.807) is 30.1 Å². The third-order valence-corrected chi connectivity index (χ3v) is 6.05. The molecule has 0 N–H and O–H groups in total. The monoisotopic (exact) mass is 336 g/mol. The minimum atomic E-state index is -0.0120. The van der Waals surface area contributed by atoms with Crippen molar-refractivity contribution in [3.8, 4) is 10.7 Å². The van der Waals surface area contributed by atoms with Crippen molar-refractivity contribution < 1.29 is 4.79 Å². The number of rotatable bonds is 3. The minimum absolute atomic E-state index is 0.0120. The van der Waals surface area contributed by atoms with Crippen LogP contribution < -0.4 is 0 Å². The maximum atomic E-state index is 12.7. The molecular weight excluding hydrogens is 316 g/mol. The Balaban J connectivity index is 2.17. The molecule has 0 saturated heterocycles. The first kappa shape index (κ1) is 15.7. The number of hydrogen-bond acceptors (Lipinski definition) is 6. The molecule has 3 rings (SSSR count). The van der Waals surface area contributed by atoms with Crippen LogP contribution in [0.25, 0.3) is 10.7 Å². The predicted molar refractivity (Wildman–Crippen MR) is 89.5 cm³/mol. The molecule has 0 bridgehead atoms. The summed E-state index contributed by atoms with van der Waals surface area (Å²) in [5.74, 6) is 0.880. The molecule has 0 aromatic carbocycles. The fraction of sp³-hybridized carbons (Fsp3) is 0.600. The van der Waals surface area contributed by atoms with Crippen molar-refractivity contribution in [2.24, 2.45) is 12.5 Å². The lowest BCUT2D eigenvalue weighted by molar-refractivity contribution is 0.0910. The summed E-state index contributed by atoms with van der Waals surface area (Å²) < 4.78 is 1.10. The van der Waals surface area contributed by atoms with Gasteiger partial charge in [0.1, 0.15) is 0 Å². The van der Waals surface area contributed by atoms with E-state index in [-0.39, 0.29) is 11.2 Å². The molecule has 1 aliphatic rings. The molecule has 0 fully saturated rings. The number of aryl methyl sites for hydroxylation is 1. The first-order chi connectivity index (χ1) is 10.3. The molecule has 0 atom stereocenters. The van der Waals surface area contributed by atoms with Gasteiger partial charge >= 0.3 is 0 Å². The summed E-state index contributed by atoms with van der Waals surface area (Å²) in [7, 11) is 1.76. The van der Waals surface area contributed by atoms with Crippen molar-refractivity contribution in [3.63, 3.8) is 0 Å². The van der Waals surface area contributed by atoms with Crippen molar-refractivity contribution in [1.82, 2.24) is 20.2 Å². The highest BCUT2D eigenvalue weighted by atomic mass is 32.2. The molecule has 0 saturated carbocycles. The number of thioether (sulfide) groups is 1. The van der Waals surface area contributed by atoms with Gasteiger partial charge in [0, 0.05) is 17.2 Å². The van der Waals surface area contributed by atoms with Crippen LogP contribution in [0.15, 0.2) is 4.21 Å². The molecule has 1 aliphatic carbocycles. The van der Waals surface area contributed by atoms with Crippen LogP contribution >= 0.6 is 23.1 Å². The second kappa shape index (κ2) is 5.45. The highest BCUT2D eigenvalue weighted by Crippen LogP contribution is 2.48. The maximum Gasteiger partial charge on any atom is 0.215 e. The summed E-state index contributed by atoms with van der Waals surface area (Å²) in [6, 6.07) is 0. The van der Waals surface area contributed by atoms with Gasteiger partial charge in [-0.2, -0.15) is 4.80 Å². The third kappa shape index (κ3) is 2.84. The van der Waals surface area contributed by atoms with Crippen LogP contribution in [-0.4, -0.2) is 31.2 Å². The van der Waals surface area contributed by atoms with Gasteiger partial charge in [-0.05, 0) is 22.6 Å². The normalized spacial score (nSPS) is 17.1. The van der Waals surface area contributed by atoms with E-state index in [0.29, 0.717) is 17.5 Å². The SMILES string of the molecule is CC(C)Sc1sc(-c2nnn(C)n2)c2c1C(=O)CC(C)(C)C2. The largest absolute Gasteiger partial charge is 0.294 e. The average molecular weight is 336 g/mol. The van der Waals surface area contributed by atoms with E-state index in [2.05, 4.69) is 43.1 Å². The molecule has 0 unspecified atom stereocenters. The van der Waals surface area contributed by atoms with Gasteiger partial charge in [-0.15, -0.1) is 33.3 Å². The zero-order valence-corrected chi connectivity index (χ0v) is 15.1. The van der Waals surface area contributed by atoms with E-state index in [0.717, 1.165) is 26.6 Å². The number of Topliss-reactive ketones (excluding diaryl/α,β-unsaturated/α-hetero) is 1. The standard InChI is InChI=1S/C15H20N4OS2/c1-8(2)21-14-11-9(6-15(3,4)7-10(11)20)12(22-14)13-16-18-19(5)17-13/h8H,6-7H2,1-5H3. The number of aromatic nitrogens is 4. The van der Waals surface area contributed by atoms with Gasteiger partial charge in [-0.3, -0.25) is 4.79 Å². The molecule has 2 aromatic heterocycles. The summed E-state index contributed by atoms with van der Waals surface area (Å²) in [5, 5.41) is 12.9. The van der Waals surface area contributed by atoms with Crippen LogP contribution in [0.5, 0.6) is 0 Å². The van der Waals surface area contributed by atoms with Gasteiger partial charge in [0.25, 0.3) is 0 Å². The Bertz CT molecular complexity index is 730. The van der Waals surface area contributed by atoms with E-state index in [4.69, 9.17) is 0 Å². The molecule has 2 aromatic rings. The summed E-state index contributed by atoms with van der Waals surface area (Å²) in [6.07, 6.45) is 1.49. The molecule has 7 heteroatoms. The van der Waals surface area contributed by atoms with Gasteiger partial charge in [-0.1, -0.05) is 27.7 Å². The Morgan fingerprint density at radius 3 is 2.64 bits per heavy atom. The Morgan fingerprint density at radius 2 is 2.05 bits per heavy atom. The topological polar surface area (TPSA) is 60.7 Å². The molecule has 5 nitrogen and oxygen atoms in total. The van der Waals surface area contributed by atoms with E-state index in [9.17, 15) is 4.79 Å². The number of carbonyl (C=O) groups excluding carboxylic acids is 1. The number of tetrazole rings is 1. The summed E-state index contributed by atoms with van der Waals surface area (Å²) in [5.41, 5.74) is 2.01. The van der Waals surface area contributed by atoms with E-state index >= 15 is 0 Å². The van der Waals surface area contributed by atoms with Crippen LogP contribution in [0.3, 0.4) is 0 Å². The maximum absolute atomic E-state index is 12.7. The van der Waals surface area contributed by atoms with E-state index < -0.39 is 0 Å². The summed E-state index contributed by atoms with van der Waals surface area (Å²) in [4.78, 5) is 15.2. The van der Waals surface area contributed by atoms with Crippen molar-refractivity contribution in [1.29, 1.82) is 0 Å². The zero-order valence-electron chi connectivity index (χ0n) is 13.5. The predicted octanol–water partition coefficient (Wildman–Crippen LogP) is 3.59. The van der Waals surface area contributed by atoms with Gasteiger partial charge in [0.15, 0.2) is 5.78 Å². The fourth-order valence-electron chi connectivity index (χ4n) is 2.81. The fourth-order valence-corrected chi connectivity index (χ4v) is 5.61. The quantitative estimate of drug-likeness (QED) is 0.802. The van der Waals surface area contributed by atoms with Gasteiger partial charge in [0.2, 0.25) is 5.82 Å². The van der Waals surface area contributed by atoms with Gasteiger partial charge < -0.3 is 0 Å². The van der Waals surface area contributed by atoms with Crippen LogP contribution in [0, 0.1) is 5.41 Å². The number of hydrogen-bond donors (Lipinski definition) is 0. The molecule has 0 amide bonds. The number of nitrogens with zero attached hydrogens (tertiary/aromatic N) is 4. The highest BCUT2D eigenvalue weighted by molar-refractivity contribution is 8.01. The average Bonchev–Trinajstić information content (AvgIpc) is 2.91. The lowest BCUT2D eigenvalue weighted by atomic mass is 9.74.